The zero-order valence-corrected chi connectivity index (χ0v) is 17.8. The van der Waals surface area contributed by atoms with Crippen LogP contribution in [0.4, 0.5) is 0 Å². The van der Waals surface area contributed by atoms with Gasteiger partial charge in [-0.25, -0.2) is 12.7 Å². The predicted octanol–water partition coefficient (Wildman–Crippen LogP) is 2.60. The first kappa shape index (κ1) is 22.5. The number of rotatable bonds is 5. The van der Waals surface area contributed by atoms with E-state index in [0.717, 1.165) is 9.47 Å². The lowest BCUT2D eigenvalue weighted by Crippen LogP contribution is -2.45. The molecule has 1 heterocycles. The molecule has 1 fully saturated rings. The third kappa shape index (κ3) is 4.09. The van der Waals surface area contributed by atoms with Crippen molar-refractivity contribution in [3.8, 4) is 0 Å². The molecule has 1 saturated heterocycles. The van der Waals surface area contributed by atoms with Crippen molar-refractivity contribution in [2.24, 2.45) is 4.99 Å². The summed E-state index contributed by atoms with van der Waals surface area (Å²) < 4.78 is 26.0. The first-order chi connectivity index (χ1) is 11.2. The number of aliphatic imine (C=N–C) groups is 1. The molecule has 0 bridgehead atoms. The van der Waals surface area contributed by atoms with Crippen LogP contribution in [0.1, 0.15) is 19.4 Å². The van der Waals surface area contributed by atoms with E-state index >= 15 is 0 Å². The molecule has 6 nitrogen and oxygen atoms in total. The van der Waals surface area contributed by atoms with E-state index in [1.807, 2.05) is 13.8 Å². The van der Waals surface area contributed by atoms with Crippen LogP contribution >= 0.6 is 35.8 Å². The molecule has 1 aromatic carbocycles. The van der Waals surface area contributed by atoms with Crippen molar-refractivity contribution in [1.29, 1.82) is 0 Å². The highest BCUT2D eigenvalue weighted by Gasteiger charge is 2.44. The van der Waals surface area contributed by atoms with Gasteiger partial charge in [0, 0.05) is 32.7 Å². The largest absolute Gasteiger partial charge is 0.366 e. The highest BCUT2D eigenvalue weighted by Crippen LogP contribution is 2.40. The minimum Gasteiger partial charge on any atom is -0.366 e. The second kappa shape index (κ2) is 8.45. The van der Waals surface area contributed by atoms with E-state index in [9.17, 15) is 13.5 Å². The summed E-state index contributed by atoms with van der Waals surface area (Å²) in [6, 6.07) is 4.63. The van der Waals surface area contributed by atoms with Gasteiger partial charge in [-0.3, -0.25) is 4.99 Å². The molecule has 0 aliphatic carbocycles. The molecule has 25 heavy (non-hydrogen) atoms. The number of hydrogen-bond acceptors (Lipinski definition) is 5. The third-order valence-corrected chi connectivity index (χ3v) is 7.29. The quantitative estimate of drug-likeness (QED) is 0.781. The molecule has 0 aromatic heterocycles. The van der Waals surface area contributed by atoms with E-state index in [1.54, 1.807) is 11.0 Å². The minimum absolute atomic E-state index is 0. The van der Waals surface area contributed by atoms with Crippen LogP contribution < -0.4 is 0 Å². The molecule has 0 spiro atoms. The van der Waals surface area contributed by atoms with Gasteiger partial charge in [0.25, 0.3) is 0 Å². The molecule has 1 aromatic rings. The monoisotopic (exact) mass is 427 g/mol. The van der Waals surface area contributed by atoms with Crippen LogP contribution in [0.25, 0.3) is 0 Å². The van der Waals surface area contributed by atoms with Crippen molar-refractivity contribution in [2.75, 3.05) is 32.9 Å². The summed E-state index contributed by atoms with van der Waals surface area (Å²) in [4.78, 5) is 6.18. The van der Waals surface area contributed by atoms with Gasteiger partial charge >= 0.3 is 0 Å². The van der Waals surface area contributed by atoms with Crippen molar-refractivity contribution in [3.05, 3.63) is 28.8 Å². The minimum atomic E-state index is -3.70. The van der Waals surface area contributed by atoms with Gasteiger partial charge < -0.3 is 10.0 Å². The first-order valence-electron chi connectivity index (χ1n) is 7.58. The summed E-state index contributed by atoms with van der Waals surface area (Å²) in [5, 5.41) is 12.1. The average Bonchev–Trinajstić information content (AvgIpc) is 2.84. The standard InChI is InChI=1S/C15H22ClN3O3S2.ClH/c1-5-17-14-19(6-2)15(20,10-23-14)11-7-8-12(16)13(9-11)24(21,22)18(3)4;/h7-9,20H,5-6,10H2,1-4H3;1H. The van der Waals surface area contributed by atoms with Gasteiger partial charge in [-0.1, -0.05) is 29.4 Å². The number of thioether (sulfide) groups is 1. The van der Waals surface area contributed by atoms with Gasteiger partial charge in [0.2, 0.25) is 10.0 Å². The van der Waals surface area contributed by atoms with Crippen LogP contribution in [0.2, 0.25) is 5.02 Å². The van der Waals surface area contributed by atoms with Crippen molar-refractivity contribution in [1.82, 2.24) is 9.21 Å². The summed E-state index contributed by atoms with van der Waals surface area (Å²) in [7, 11) is -0.805. The summed E-state index contributed by atoms with van der Waals surface area (Å²) in [5.74, 6) is 0.378. The summed E-state index contributed by atoms with van der Waals surface area (Å²) >= 11 is 7.55. The Labute approximate surface area is 164 Å². The molecule has 0 radical (unpaired) electrons. The number of halogens is 2. The van der Waals surface area contributed by atoms with Gasteiger partial charge in [-0.2, -0.15) is 0 Å². The van der Waals surface area contributed by atoms with Crippen LogP contribution in [0, 0.1) is 0 Å². The lowest BCUT2D eigenvalue weighted by Gasteiger charge is -2.34. The molecule has 1 aliphatic rings. The number of nitrogens with zero attached hydrogens (tertiary/aromatic N) is 3. The van der Waals surface area contributed by atoms with Gasteiger partial charge in [0.05, 0.1) is 10.8 Å². The van der Waals surface area contributed by atoms with Crippen molar-refractivity contribution in [3.63, 3.8) is 0 Å². The zero-order chi connectivity index (χ0) is 18.1. The van der Waals surface area contributed by atoms with Crippen LogP contribution in [0.15, 0.2) is 28.1 Å². The van der Waals surface area contributed by atoms with Crippen LogP contribution in [0.3, 0.4) is 0 Å². The molecule has 2 rings (SSSR count). The third-order valence-electron chi connectivity index (χ3n) is 3.84. The average molecular weight is 428 g/mol. The highest BCUT2D eigenvalue weighted by molar-refractivity contribution is 8.14. The number of aliphatic hydroxyl groups is 1. The summed E-state index contributed by atoms with van der Waals surface area (Å²) in [6.45, 7) is 5.04. The normalized spacial score (nSPS) is 22.5. The molecule has 1 atom stereocenters. The van der Waals surface area contributed by atoms with Gasteiger partial charge in [0.15, 0.2) is 10.9 Å². The van der Waals surface area contributed by atoms with E-state index in [-0.39, 0.29) is 22.3 Å². The number of sulfonamides is 1. The Morgan fingerprint density at radius 3 is 2.56 bits per heavy atom. The highest BCUT2D eigenvalue weighted by atomic mass is 35.5. The fourth-order valence-electron chi connectivity index (χ4n) is 2.53. The van der Waals surface area contributed by atoms with Gasteiger partial charge in [-0.15, -0.1) is 12.4 Å². The Kier molecular flexibility index (Phi) is 7.62. The van der Waals surface area contributed by atoms with Crippen molar-refractivity contribution in [2.45, 2.75) is 24.5 Å². The van der Waals surface area contributed by atoms with Crippen molar-refractivity contribution < 1.29 is 13.5 Å². The molecule has 1 unspecified atom stereocenters. The fraction of sp³-hybridized carbons (Fsp3) is 0.533. The maximum absolute atomic E-state index is 12.5. The number of hydrogen-bond donors (Lipinski definition) is 1. The Morgan fingerprint density at radius 2 is 2.04 bits per heavy atom. The van der Waals surface area contributed by atoms with Crippen LogP contribution in [0.5, 0.6) is 0 Å². The number of amidine groups is 1. The Hall–Kier alpha value is -0.510. The topological polar surface area (TPSA) is 73.2 Å². The smallest absolute Gasteiger partial charge is 0.244 e. The maximum Gasteiger partial charge on any atom is 0.244 e. The zero-order valence-electron chi connectivity index (χ0n) is 14.6. The summed E-state index contributed by atoms with van der Waals surface area (Å²) in [5.41, 5.74) is -0.822. The first-order valence-corrected chi connectivity index (χ1v) is 10.4. The van der Waals surface area contributed by atoms with Crippen LogP contribution in [-0.4, -0.2) is 60.8 Å². The van der Waals surface area contributed by atoms with E-state index in [4.69, 9.17) is 11.6 Å². The maximum atomic E-state index is 12.5. The van der Waals surface area contributed by atoms with E-state index < -0.39 is 15.7 Å². The SMILES string of the molecule is CCN=C1SCC(O)(c2ccc(Cl)c(S(=O)(=O)N(C)C)c2)N1CC.Cl. The lowest BCUT2D eigenvalue weighted by atomic mass is 10.0. The second-order valence-corrected chi connectivity index (χ2v) is 9.01. The molecular formula is C15H23Cl2N3O3S2. The Morgan fingerprint density at radius 1 is 1.40 bits per heavy atom. The van der Waals surface area contributed by atoms with Gasteiger partial charge in [0.1, 0.15) is 4.90 Å². The lowest BCUT2D eigenvalue weighted by molar-refractivity contribution is -0.0455. The molecule has 142 valence electrons. The molecule has 10 heteroatoms. The number of benzene rings is 1. The molecule has 0 saturated carbocycles. The van der Waals surface area contributed by atoms with E-state index in [2.05, 4.69) is 4.99 Å². The van der Waals surface area contributed by atoms with Crippen LogP contribution in [-0.2, 0) is 15.7 Å². The fourth-order valence-corrected chi connectivity index (χ4v) is 5.23. The Balaban J connectivity index is 0.00000312. The Bertz CT molecular complexity index is 756. The van der Waals surface area contributed by atoms with E-state index in [0.29, 0.717) is 24.4 Å². The second-order valence-electron chi connectivity index (χ2n) is 5.54. The predicted molar refractivity (Wildman–Crippen MR) is 106 cm³/mol. The molecule has 1 aliphatic heterocycles. The van der Waals surface area contributed by atoms with Gasteiger partial charge in [-0.05, 0) is 26.0 Å². The van der Waals surface area contributed by atoms with Crippen molar-refractivity contribution >= 4 is 51.0 Å². The van der Waals surface area contributed by atoms with E-state index in [1.165, 1.54) is 38.0 Å². The summed E-state index contributed by atoms with van der Waals surface area (Å²) in [6.07, 6.45) is 0. The molecule has 0 amide bonds. The molecule has 1 N–H and O–H groups in total. The molecular weight excluding hydrogens is 405 g/mol.